The lowest BCUT2D eigenvalue weighted by atomic mass is 10.0. The molecule has 0 bridgehead atoms. The molecule has 0 radical (unpaired) electrons. The second-order valence-electron chi connectivity index (χ2n) is 11.4. The number of anilines is 1. The van der Waals surface area contributed by atoms with Crippen molar-refractivity contribution in [1.82, 2.24) is 34.7 Å². The third-order valence-corrected chi connectivity index (χ3v) is 8.65. The molecule has 2 N–H and O–H groups in total. The number of fused-ring (bicyclic) bond motifs is 4. The van der Waals surface area contributed by atoms with Gasteiger partial charge in [0.15, 0.2) is 0 Å². The molecule has 1 aliphatic carbocycles. The summed E-state index contributed by atoms with van der Waals surface area (Å²) in [6.07, 6.45) is 4.37. The molecule has 0 amide bonds. The Morgan fingerprint density at radius 1 is 1.12 bits per heavy atom. The van der Waals surface area contributed by atoms with Crippen molar-refractivity contribution in [2.75, 3.05) is 5.32 Å². The molecule has 3 unspecified atom stereocenters. The number of tetrazole rings is 1. The van der Waals surface area contributed by atoms with Gasteiger partial charge in [-0.3, -0.25) is 4.79 Å². The molecule has 11 heteroatoms. The summed E-state index contributed by atoms with van der Waals surface area (Å²) >= 11 is 6.37. The molecule has 1 fully saturated rings. The van der Waals surface area contributed by atoms with Gasteiger partial charge in [0.05, 0.1) is 35.0 Å². The molecule has 2 aliphatic heterocycles. The minimum absolute atomic E-state index is 0.0778. The smallest absolute Gasteiger partial charge is 0.252 e. The van der Waals surface area contributed by atoms with Gasteiger partial charge in [-0.25, -0.2) is 4.98 Å². The van der Waals surface area contributed by atoms with Crippen LogP contribution in [0.2, 0.25) is 5.02 Å². The predicted octanol–water partition coefficient (Wildman–Crippen LogP) is 5.34. The number of pyridine rings is 1. The van der Waals surface area contributed by atoms with Gasteiger partial charge in [0.25, 0.3) is 5.56 Å². The summed E-state index contributed by atoms with van der Waals surface area (Å²) in [5.74, 6) is 2.16. The zero-order valence-electron chi connectivity index (χ0n) is 22.3. The van der Waals surface area contributed by atoms with Crippen molar-refractivity contribution >= 4 is 17.3 Å². The predicted molar refractivity (Wildman–Crippen MR) is 154 cm³/mol. The summed E-state index contributed by atoms with van der Waals surface area (Å²) in [5, 5.41) is 15.5. The van der Waals surface area contributed by atoms with Crippen LogP contribution in [0.25, 0.3) is 28.1 Å². The van der Waals surface area contributed by atoms with E-state index in [1.807, 2.05) is 54.9 Å². The van der Waals surface area contributed by atoms with Crippen LogP contribution < -0.4 is 15.6 Å². The molecule has 5 aromatic rings. The van der Waals surface area contributed by atoms with Gasteiger partial charge in [-0.15, -0.1) is 5.10 Å². The van der Waals surface area contributed by atoms with E-state index in [9.17, 15) is 4.79 Å². The Balaban J connectivity index is 1.16. The second-order valence-corrected chi connectivity index (χ2v) is 11.8. The van der Waals surface area contributed by atoms with Crippen molar-refractivity contribution in [3.8, 4) is 33.8 Å². The van der Waals surface area contributed by atoms with Gasteiger partial charge in [-0.1, -0.05) is 24.2 Å². The minimum Gasteiger partial charge on any atom is -0.479 e. The second kappa shape index (κ2) is 8.40. The average molecular weight is 565 g/mol. The van der Waals surface area contributed by atoms with Gasteiger partial charge < -0.3 is 19.6 Å². The molecular weight excluding hydrogens is 540 g/mol. The Kier molecular flexibility index (Phi) is 4.94. The minimum atomic E-state index is -0.517. The zero-order chi connectivity index (χ0) is 28.0. The van der Waals surface area contributed by atoms with Gasteiger partial charge in [0, 0.05) is 33.8 Å². The molecule has 0 saturated heterocycles. The van der Waals surface area contributed by atoms with E-state index in [1.54, 1.807) is 16.8 Å². The highest BCUT2D eigenvalue weighted by Crippen LogP contribution is 2.60. The first-order valence-corrected chi connectivity index (χ1v) is 13.8. The normalized spacial score (nSPS) is 21.4. The van der Waals surface area contributed by atoms with Crippen LogP contribution in [0.3, 0.4) is 0 Å². The fourth-order valence-electron chi connectivity index (χ4n) is 6.13. The molecule has 3 aliphatic rings. The number of benzene rings is 2. The molecule has 41 heavy (non-hydrogen) atoms. The van der Waals surface area contributed by atoms with Crippen LogP contribution in [0.1, 0.15) is 43.7 Å². The Hall–Kier alpha value is -4.70. The topological polar surface area (TPSA) is 116 Å². The van der Waals surface area contributed by atoms with Crippen LogP contribution in [-0.2, 0) is 0 Å². The molecular formula is C30H25ClN8O2. The van der Waals surface area contributed by atoms with Gasteiger partial charge in [0.2, 0.25) is 0 Å². The average Bonchev–Trinajstić information content (AvgIpc) is 3.28. The molecule has 5 heterocycles. The van der Waals surface area contributed by atoms with E-state index in [1.165, 1.54) is 6.33 Å². The number of hydrogen-bond acceptors (Lipinski definition) is 7. The van der Waals surface area contributed by atoms with Crippen molar-refractivity contribution < 1.29 is 4.74 Å². The summed E-state index contributed by atoms with van der Waals surface area (Å²) in [4.78, 5) is 21.9. The molecule has 8 rings (SSSR count). The van der Waals surface area contributed by atoms with Crippen LogP contribution in [0.15, 0.2) is 78.1 Å². The van der Waals surface area contributed by atoms with Crippen molar-refractivity contribution in [2.24, 2.45) is 5.92 Å². The van der Waals surface area contributed by atoms with E-state index in [-0.39, 0.29) is 11.6 Å². The van der Waals surface area contributed by atoms with Crippen LogP contribution in [0.5, 0.6) is 5.75 Å². The maximum atomic E-state index is 13.7. The number of ether oxygens (including phenoxy) is 1. The van der Waals surface area contributed by atoms with Crippen LogP contribution >= 0.6 is 11.6 Å². The summed E-state index contributed by atoms with van der Waals surface area (Å²) in [7, 11) is 0. The Morgan fingerprint density at radius 2 is 2.00 bits per heavy atom. The first kappa shape index (κ1) is 24.1. The number of H-pyrrole nitrogens is 1. The van der Waals surface area contributed by atoms with E-state index in [0.717, 1.165) is 63.1 Å². The zero-order valence-corrected chi connectivity index (χ0v) is 23.1. The quantitative estimate of drug-likeness (QED) is 0.303. The van der Waals surface area contributed by atoms with Crippen molar-refractivity contribution in [3.05, 3.63) is 100 Å². The summed E-state index contributed by atoms with van der Waals surface area (Å²) in [6.45, 7) is 8.05. The number of imidazole rings is 1. The lowest BCUT2D eigenvalue weighted by Gasteiger charge is -2.35. The number of nitrogens with zero attached hydrogens (tertiary/aromatic N) is 6. The standard InChI is InChI=1S/C30H25ClN8O2/c1-15-30(2,3)41-26-9-16(4-6-22(26)34-15)23-13-32-29(35-23)28-21-12-20(21)25-8-17(10-27(40)39(25)28)19-11-18(31)5-7-24(19)38-14-33-36-37-38/h4-11,13-14,20-21,28,34H,1,12H2,2-3H3,(H,32,35). The number of halogens is 1. The Labute approximate surface area is 239 Å². The molecule has 3 atom stereocenters. The van der Waals surface area contributed by atoms with E-state index in [4.69, 9.17) is 21.3 Å². The van der Waals surface area contributed by atoms with E-state index >= 15 is 0 Å². The molecule has 10 nitrogen and oxygen atoms in total. The highest BCUT2D eigenvalue weighted by Gasteiger charge is 2.54. The van der Waals surface area contributed by atoms with Crippen LogP contribution in [0, 0.1) is 5.92 Å². The summed E-state index contributed by atoms with van der Waals surface area (Å²) < 4.78 is 9.67. The van der Waals surface area contributed by atoms with Crippen molar-refractivity contribution in [3.63, 3.8) is 0 Å². The van der Waals surface area contributed by atoms with Gasteiger partial charge in [-0.05, 0) is 78.6 Å². The SMILES string of the molecule is C=C1Nc2ccc(-c3cnc(C4C5CC5c5cc(-c6cc(Cl)ccc6-n6cnnn6)cc(=O)n54)[nH]3)cc2OC1(C)C. The highest BCUT2D eigenvalue weighted by molar-refractivity contribution is 6.31. The molecule has 1 saturated carbocycles. The number of nitrogens with one attached hydrogen (secondary N) is 2. The third-order valence-electron chi connectivity index (χ3n) is 8.41. The Bertz CT molecular complexity index is 1940. The van der Waals surface area contributed by atoms with Gasteiger partial charge in [-0.2, -0.15) is 4.68 Å². The third kappa shape index (κ3) is 3.74. The largest absolute Gasteiger partial charge is 0.479 e. The Morgan fingerprint density at radius 3 is 2.83 bits per heavy atom. The van der Waals surface area contributed by atoms with Crippen LogP contribution in [0.4, 0.5) is 5.69 Å². The summed E-state index contributed by atoms with van der Waals surface area (Å²) in [6, 6.07) is 15.1. The lowest BCUT2D eigenvalue weighted by Crippen LogP contribution is -2.37. The van der Waals surface area contributed by atoms with E-state index in [0.29, 0.717) is 16.9 Å². The fraction of sp³-hybridized carbons (Fsp3) is 0.233. The molecule has 0 spiro atoms. The van der Waals surface area contributed by atoms with Crippen molar-refractivity contribution in [1.29, 1.82) is 0 Å². The maximum absolute atomic E-state index is 13.7. The van der Waals surface area contributed by atoms with Crippen molar-refractivity contribution in [2.45, 2.75) is 37.8 Å². The number of hydrogen-bond donors (Lipinski definition) is 2. The van der Waals surface area contributed by atoms with E-state index in [2.05, 4.69) is 38.5 Å². The highest BCUT2D eigenvalue weighted by atomic mass is 35.5. The fourth-order valence-corrected chi connectivity index (χ4v) is 6.30. The van der Waals surface area contributed by atoms with Crippen LogP contribution in [-0.4, -0.2) is 40.3 Å². The first-order chi connectivity index (χ1) is 19.8. The number of rotatable bonds is 4. The molecule has 2 aromatic carbocycles. The maximum Gasteiger partial charge on any atom is 0.252 e. The van der Waals surface area contributed by atoms with Gasteiger partial charge in [0.1, 0.15) is 23.5 Å². The first-order valence-electron chi connectivity index (χ1n) is 13.4. The molecule has 204 valence electrons. The van der Waals surface area contributed by atoms with E-state index < -0.39 is 5.60 Å². The lowest BCUT2D eigenvalue weighted by molar-refractivity contribution is 0.144. The van der Waals surface area contributed by atoms with Gasteiger partial charge >= 0.3 is 0 Å². The number of aromatic nitrogens is 7. The monoisotopic (exact) mass is 564 g/mol. The molecule has 3 aromatic heterocycles. The number of aromatic amines is 1. The summed E-state index contributed by atoms with van der Waals surface area (Å²) in [5.41, 5.74) is 6.27.